The van der Waals surface area contributed by atoms with Crippen LogP contribution in [0.15, 0.2) is 36.7 Å². The minimum Gasteiger partial charge on any atom is -0.478 e. The number of nitrogens with zero attached hydrogens (tertiary/aromatic N) is 3. The van der Waals surface area contributed by atoms with Gasteiger partial charge in [0, 0.05) is 38.3 Å². The Morgan fingerprint density at radius 1 is 1.11 bits per heavy atom. The fraction of sp³-hybridized carbons (Fsp3) is 0.450. The summed E-state index contributed by atoms with van der Waals surface area (Å²) in [6, 6.07) is 6.77. The Balaban J connectivity index is 1.46. The number of hydrogen-bond acceptors (Lipinski definition) is 4. The summed E-state index contributed by atoms with van der Waals surface area (Å²) in [6.07, 6.45) is 6.00. The molecule has 0 radical (unpaired) electrons. The standard InChI is InChI=1S/C20H23F2N3O2/c21-20(22)7-11-25(12-8-20)10-2-1-3-15-4-5-17(24-14-15)18-13-16(19(26)27)6-9-23-18/h4-6,9,13-14H,1-3,7-8,10-12H2,(H,26,27). The van der Waals surface area contributed by atoms with Crippen molar-refractivity contribution >= 4 is 5.97 Å². The van der Waals surface area contributed by atoms with E-state index >= 15 is 0 Å². The van der Waals surface area contributed by atoms with E-state index in [1.165, 1.54) is 18.3 Å². The Morgan fingerprint density at radius 2 is 1.89 bits per heavy atom. The first-order valence-corrected chi connectivity index (χ1v) is 9.18. The first-order chi connectivity index (χ1) is 12.9. The summed E-state index contributed by atoms with van der Waals surface area (Å²) < 4.78 is 26.3. The van der Waals surface area contributed by atoms with E-state index < -0.39 is 11.9 Å². The third kappa shape index (κ3) is 5.53. The maximum atomic E-state index is 13.1. The molecule has 2 aromatic rings. The molecular weight excluding hydrogens is 352 g/mol. The van der Waals surface area contributed by atoms with Gasteiger partial charge >= 0.3 is 5.97 Å². The summed E-state index contributed by atoms with van der Waals surface area (Å²) >= 11 is 0. The van der Waals surface area contributed by atoms with E-state index in [1.807, 2.05) is 12.1 Å². The molecule has 2 aromatic heterocycles. The number of aryl methyl sites for hydroxylation is 1. The van der Waals surface area contributed by atoms with Crippen LogP contribution in [0, 0.1) is 0 Å². The van der Waals surface area contributed by atoms with Gasteiger partial charge < -0.3 is 10.0 Å². The third-order valence-electron chi connectivity index (χ3n) is 4.87. The van der Waals surface area contributed by atoms with Crippen LogP contribution in [0.5, 0.6) is 0 Å². The number of aromatic nitrogens is 2. The van der Waals surface area contributed by atoms with E-state index in [0.717, 1.165) is 31.4 Å². The molecule has 1 aliphatic heterocycles. The Morgan fingerprint density at radius 3 is 2.56 bits per heavy atom. The molecule has 0 aromatic carbocycles. The van der Waals surface area contributed by atoms with Gasteiger partial charge in [0.25, 0.3) is 5.92 Å². The van der Waals surface area contributed by atoms with Gasteiger partial charge in [0.05, 0.1) is 17.0 Å². The number of pyridine rings is 2. The number of carbonyl (C=O) groups is 1. The van der Waals surface area contributed by atoms with Crippen LogP contribution in [0.2, 0.25) is 0 Å². The number of unbranched alkanes of at least 4 members (excludes halogenated alkanes) is 1. The van der Waals surface area contributed by atoms with Crippen molar-refractivity contribution in [2.45, 2.75) is 38.0 Å². The van der Waals surface area contributed by atoms with Crippen LogP contribution in [0.25, 0.3) is 11.4 Å². The van der Waals surface area contributed by atoms with Gasteiger partial charge in [0.1, 0.15) is 0 Å². The molecule has 27 heavy (non-hydrogen) atoms. The molecule has 1 aliphatic rings. The first kappa shape index (κ1) is 19.4. The van der Waals surface area contributed by atoms with Crippen LogP contribution in [0.3, 0.4) is 0 Å². The summed E-state index contributed by atoms with van der Waals surface area (Å²) in [6.45, 7) is 1.81. The summed E-state index contributed by atoms with van der Waals surface area (Å²) in [5.74, 6) is -3.48. The summed E-state index contributed by atoms with van der Waals surface area (Å²) in [5.41, 5.74) is 2.44. The second-order valence-electron chi connectivity index (χ2n) is 6.94. The average Bonchev–Trinajstić information content (AvgIpc) is 2.67. The lowest BCUT2D eigenvalue weighted by Gasteiger charge is -2.31. The topological polar surface area (TPSA) is 66.3 Å². The molecule has 0 saturated carbocycles. The van der Waals surface area contributed by atoms with Crippen molar-refractivity contribution in [3.8, 4) is 11.4 Å². The SMILES string of the molecule is O=C(O)c1ccnc(-c2ccc(CCCCN3CCC(F)(F)CC3)cn2)c1. The number of likely N-dealkylation sites (tertiary alicyclic amines) is 1. The smallest absolute Gasteiger partial charge is 0.335 e. The van der Waals surface area contributed by atoms with Gasteiger partial charge in [-0.3, -0.25) is 9.97 Å². The van der Waals surface area contributed by atoms with Crippen LogP contribution < -0.4 is 0 Å². The maximum Gasteiger partial charge on any atom is 0.335 e. The number of alkyl halides is 2. The van der Waals surface area contributed by atoms with Gasteiger partial charge in [0.15, 0.2) is 0 Å². The number of halogens is 2. The maximum absolute atomic E-state index is 13.1. The van der Waals surface area contributed by atoms with Crippen molar-refractivity contribution in [3.05, 3.63) is 47.8 Å². The van der Waals surface area contributed by atoms with Crippen LogP contribution in [0.1, 0.15) is 41.6 Å². The highest BCUT2D eigenvalue weighted by atomic mass is 19.3. The molecule has 5 nitrogen and oxygen atoms in total. The Labute approximate surface area is 157 Å². The molecule has 0 atom stereocenters. The number of rotatable bonds is 7. The molecule has 1 fully saturated rings. The van der Waals surface area contributed by atoms with E-state index in [2.05, 4.69) is 14.9 Å². The monoisotopic (exact) mass is 375 g/mol. The first-order valence-electron chi connectivity index (χ1n) is 9.18. The number of hydrogen-bond donors (Lipinski definition) is 1. The predicted octanol–water partition coefficient (Wildman–Crippen LogP) is 3.90. The Bertz CT molecular complexity index is 771. The van der Waals surface area contributed by atoms with Gasteiger partial charge in [-0.15, -0.1) is 0 Å². The zero-order valence-electron chi connectivity index (χ0n) is 15.1. The minimum absolute atomic E-state index is 0.0322. The van der Waals surface area contributed by atoms with Crippen molar-refractivity contribution < 1.29 is 18.7 Å². The predicted molar refractivity (Wildman–Crippen MR) is 98.0 cm³/mol. The lowest BCUT2D eigenvalue weighted by molar-refractivity contribution is -0.0552. The highest BCUT2D eigenvalue weighted by molar-refractivity contribution is 5.88. The quantitative estimate of drug-likeness (QED) is 0.744. The van der Waals surface area contributed by atoms with E-state index in [4.69, 9.17) is 5.11 Å². The summed E-state index contributed by atoms with van der Waals surface area (Å²) in [4.78, 5) is 21.7. The molecule has 7 heteroatoms. The fourth-order valence-electron chi connectivity index (χ4n) is 3.20. The zero-order chi connectivity index (χ0) is 19.3. The van der Waals surface area contributed by atoms with E-state index in [0.29, 0.717) is 24.5 Å². The highest BCUT2D eigenvalue weighted by Crippen LogP contribution is 2.27. The van der Waals surface area contributed by atoms with Gasteiger partial charge in [-0.2, -0.15) is 0 Å². The molecule has 0 bridgehead atoms. The van der Waals surface area contributed by atoms with Gasteiger partial charge in [0.2, 0.25) is 0 Å². The number of aromatic carboxylic acids is 1. The van der Waals surface area contributed by atoms with Gasteiger partial charge in [-0.25, -0.2) is 13.6 Å². The molecule has 3 heterocycles. The Hall–Kier alpha value is -2.41. The largest absolute Gasteiger partial charge is 0.478 e. The molecule has 0 aliphatic carbocycles. The van der Waals surface area contributed by atoms with Crippen LogP contribution >= 0.6 is 0 Å². The molecule has 3 rings (SSSR count). The second kappa shape index (κ2) is 8.52. The van der Waals surface area contributed by atoms with E-state index in [9.17, 15) is 13.6 Å². The second-order valence-corrected chi connectivity index (χ2v) is 6.94. The van der Waals surface area contributed by atoms with Gasteiger partial charge in [-0.1, -0.05) is 6.07 Å². The van der Waals surface area contributed by atoms with Crippen LogP contribution in [-0.4, -0.2) is 51.5 Å². The molecule has 0 spiro atoms. The number of carboxylic acids is 1. The van der Waals surface area contributed by atoms with Crippen molar-refractivity contribution in [1.29, 1.82) is 0 Å². The normalized spacial score (nSPS) is 17.0. The third-order valence-corrected chi connectivity index (χ3v) is 4.87. The molecule has 1 saturated heterocycles. The fourth-order valence-corrected chi connectivity index (χ4v) is 3.20. The lowest BCUT2D eigenvalue weighted by Crippen LogP contribution is -2.39. The minimum atomic E-state index is -2.48. The van der Waals surface area contributed by atoms with Crippen molar-refractivity contribution in [2.24, 2.45) is 0 Å². The van der Waals surface area contributed by atoms with E-state index in [-0.39, 0.29) is 18.4 Å². The molecule has 144 valence electrons. The lowest BCUT2D eigenvalue weighted by atomic mass is 10.1. The van der Waals surface area contributed by atoms with Crippen molar-refractivity contribution in [2.75, 3.05) is 19.6 Å². The molecule has 0 amide bonds. The summed E-state index contributed by atoms with van der Waals surface area (Å²) in [5, 5.41) is 9.05. The molecular formula is C20H23F2N3O2. The zero-order valence-corrected chi connectivity index (χ0v) is 15.1. The van der Waals surface area contributed by atoms with E-state index in [1.54, 1.807) is 6.20 Å². The average molecular weight is 375 g/mol. The van der Waals surface area contributed by atoms with Crippen molar-refractivity contribution in [3.63, 3.8) is 0 Å². The molecule has 1 N–H and O–H groups in total. The number of carboxylic acid groups (broad SMARTS) is 1. The number of piperidine rings is 1. The Kier molecular flexibility index (Phi) is 6.11. The summed E-state index contributed by atoms with van der Waals surface area (Å²) in [7, 11) is 0. The van der Waals surface area contributed by atoms with Crippen LogP contribution in [-0.2, 0) is 6.42 Å². The molecule has 0 unspecified atom stereocenters. The van der Waals surface area contributed by atoms with Crippen LogP contribution in [0.4, 0.5) is 8.78 Å². The van der Waals surface area contributed by atoms with Gasteiger partial charge in [-0.05, 0) is 49.6 Å². The highest BCUT2D eigenvalue weighted by Gasteiger charge is 2.33. The van der Waals surface area contributed by atoms with Crippen molar-refractivity contribution in [1.82, 2.24) is 14.9 Å².